The number of esters is 1. The maximum Gasteiger partial charge on any atom is 0.340 e. The van der Waals surface area contributed by atoms with E-state index >= 15 is 0 Å². The van der Waals surface area contributed by atoms with Crippen molar-refractivity contribution >= 4 is 28.3 Å². The normalized spacial score (nSPS) is 10.8. The molecule has 7 heteroatoms. The van der Waals surface area contributed by atoms with Crippen molar-refractivity contribution < 1.29 is 14.3 Å². The van der Waals surface area contributed by atoms with E-state index in [0.717, 1.165) is 16.8 Å². The number of hydrogen-bond acceptors (Lipinski definition) is 5. The Morgan fingerprint density at radius 3 is 2.64 bits per heavy atom. The van der Waals surface area contributed by atoms with Crippen molar-refractivity contribution in [2.75, 3.05) is 11.9 Å². The average molecular weight is 398 g/mol. The molecule has 0 aliphatic rings. The molecule has 0 spiro atoms. The fourth-order valence-corrected chi connectivity index (χ4v) is 3.91. The first-order chi connectivity index (χ1) is 13.3. The first kappa shape index (κ1) is 19.8. The number of hydrogen-bond donors (Lipinski definition) is 2. The van der Waals surface area contributed by atoms with E-state index < -0.39 is 5.97 Å². The van der Waals surface area contributed by atoms with Crippen molar-refractivity contribution in [1.29, 1.82) is 0 Å². The first-order valence-corrected chi connectivity index (χ1v) is 9.90. The number of ether oxygens (including phenoxy) is 1. The number of H-pyrrole nitrogens is 1. The van der Waals surface area contributed by atoms with Gasteiger partial charge in [0.25, 0.3) is 5.91 Å². The number of anilines is 1. The Morgan fingerprint density at radius 2 is 1.96 bits per heavy atom. The molecule has 0 radical (unpaired) electrons. The third-order valence-electron chi connectivity index (χ3n) is 4.53. The zero-order valence-electron chi connectivity index (χ0n) is 16.6. The lowest BCUT2D eigenvalue weighted by Gasteiger charge is -2.04. The molecule has 3 rings (SSSR count). The molecule has 3 aromatic rings. The molecule has 0 bridgehead atoms. The van der Waals surface area contributed by atoms with Crippen molar-refractivity contribution in [2.45, 2.75) is 34.6 Å². The molecule has 0 aliphatic heterocycles. The minimum Gasteiger partial charge on any atom is -0.462 e. The van der Waals surface area contributed by atoms with Crippen LogP contribution in [0.4, 0.5) is 5.13 Å². The highest BCUT2D eigenvalue weighted by atomic mass is 32.1. The Bertz CT molecular complexity index is 1050. The van der Waals surface area contributed by atoms with Crippen LogP contribution in [0.2, 0.25) is 0 Å². The minimum atomic E-state index is -0.431. The van der Waals surface area contributed by atoms with Gasteiger partial charge in [0, 0.05) is 16.6 Å². The summed E-state index contributed by atoms with van der Waals surface area (Å²) >= 11 is 1.36. The van der Waals surface area contributed by atoms with Crippen molar-refractivity contribution in [1.82, 2.24) is 9.97 Å². The van der Waals surface area contributed by atoms with Crippen LogP contribution in [0.5, 0.6) is 0 Å². The molecule has 2 aromatic heterocycles. The van der Waals surface area contributed by atoms with E-state index in [0.29, 0.717) is 27.6 Å². The summed E-state index contributed by atoms with van der Waals surface area (Å²) in [6.45, 7) is 9.60. The fraction of sp³-hybridized carbons (Fsp3) is 0.286. The number of nitrogens with one attached hydrogen (secondary N) is 2. The molecular formula is C21H23N3O3S. The number of benzene rings is 1. The summed E-state index contributed by atoms with van der Waals surface area (Å²) in [5.74, 6) is -0.767. The molecule has 0 fully saturated rings. The molecule has 146 valence electrons. The van der Waals surface area contributed by atoms with Crippen LogP contribution < -0.4 is 5.32 Å². The highest BCUT2D eigenvalue weighted by molar-refractivity contribution is 7.14. The van der Waals surface area contributed by atoms with Gasteiger partial charge in [0.15, 0.2) is 5.13 Å². The largest absolute Gasteiger partial charge is 0.462 e. The quantitative estimate of drug-likeness (QED) is 0.606. The highest BCUT2D eigenvalue weighted by Crippen LogP contribution is 2.28. The Kier molecular flexibility index (Phi) is 5.65. The van der Waals surface area contributed by atoms with Gasteiger partial charge in [-0.1, -0.05) is 23.8 Å². The molecule has 6 nitrogen and oxygen atoms in total. The molecule has 2 heterocycles. The van der Waals surface area contributed by atoms with Crippen LogP contribution >= 0.6 is 11.3 Å². The first-order valence-electron chi connectivity index (χ1n) is 9.02. The van der Waals surface area contributed by atoms with E-state index in [9.17, 15) is 9.59 Å². The van der Waals surface area contributed by atoms with Gasteiger partial charge in [0.1, 0.15) is 5.69 Å². The molecule has 0 saturated heterocycles. The monoisotopic (exact) mass is 397 g/mol. The van der Waals surface area contributed by atoms with E-state index in [1.54, 1.807) is 20.8 Å². The molecule has 28 heavy (non-hydrogen) atoms. The summed E-state index contributed by atoms with van der Waals surface area (Å²) in [5.41, 5.74) is 6.11. The number of nitrogens with zero attached hydrogens (tertiary/aromatic N) is 1. The number of aromatic amines is 1. The van der Waals surface area contributed by atoms with Crippen LogP contribution in [0.3, 0.4) is 0 Å². The van der Waals surface area contributed by atoms with Gasteiger partial charge in [-0.15, -0.1) is 11.3 Å². The second-order valence-electron chi connectivity index (χ2n) is 6.66. The summed E-state index contributed by atoms with van der Waals surface area (Å²) in [5, 5.41) is 5.24. The average Bonchev–Trinajstić information content (AvgIpc) is 3.19. The number of carbonyl (C=O) groups is 2. The topological polar surface area (TPSA) is 84.1 Å². The lowest BCUT2D eigenvalue weighted by atomic mass is 10.0. The van der Waals surface area contributed by atoms with E-state index in [-0.39, 0.29) is 12.5 Å². The Labute approximate surface area is 168 Å². The summed E-state index contributed by atoms with van der Waals surface area (Å²) in [7, 11) is 0. The van der Waals surface area contributed by atoms with E-state index in [4.69, 9.17) is 4.74 Å². The minimum absolute atomic E-state index is 0.282. The van der Waals surface area contributed by atoms with Gasteiger partial charge in [-0.2, -0.15) is 0 Å². The van der Waals surface area contributed by atoms with Gasteiger partial charge in [-0.25, -0.2) is 9.78 Å². The number of amides is 1. The second kappa shape index (κ2) is 7.98. The van der Waals surface area contributed by atoms with Gasteiger partial charge >= 0.3 is 5.97 Å². The van der Waals surface area contributed by atoms with Gasteiger partial charge in [0.2, 0.25) is 0 Å². The number of carbonyl (C=O) groups excluding carboxylic acids is 2. The maximum atomic E-state index is 12.7. The van der Waals surface area contributed by atoms with E-state index in [1.165, 1.54) is 16.9 Å². The lowest BCUT2D eigenvalue weighted by molar-refractivity contribution is 0.0525. The summed E-state index contributed by atoms with van der Waals surface area (Å²) in [6, 6.07) is 6.19. The van der Waals surface area contributed by atoms with Crippen LogP contribution in [0.15, 0.2) is 23.6 Å². The molecule has 0 aliphatic carbocycles. The van der Waals surface area contributed by atoms with Crippen LogP contribution in [-0.2, 0) is 4.74 Å². The molecule has 2 N–H and O–H groups in total. The molecular weight excluding hydrogens is 374 g/mol. The molecule has 0 unspecified atom stereocenters. The SMILES string of the molecule is CCOC(=O)c1c(C)[nH]c(C(=O)Nc2nc(-c3ccc(C)cc3C)cs2)c1C. The summed E-state index contributed by atoms with van der Waals surface area (Å²) in [6.07, 6.45) is 0. The molecule has 1 aromatic carbocycles. The third-order valence-corrected chi connectivity index (χ3v) is 5.28. The second-order valence-corrected chi connectivity index (χ2v) is 7.51. The van der Waals surface area contributed by atoms with Crippen molar-refractivity contribution in [3.63, 3.8) is 0 Å². The predicted octanol–water partition coefficient (Wildman–Crippen LogP) is 4.80. The fourth-order valence-electron chi connectivity index (χ4n) is 3.20. The standard InChI is InChI=1S/C21H23N3O3S/c1-6-27-20(26)17-13(4)18(22-14(17)5)19(25)24-21-23-16(10-28-21)15-8-7-11(2)9-12(15)3/h7-10,22H,6H2,1-5H3,(H,23,24,25). The summed E-state index contributed by atoms with van der Waals surface area (Å²) in [4.78, 5) is 32.4. The highest BCUT2D eigenvalue weighted by Gasteiger charge is 2.23. The van der Waals surface area contributed by atoms with Gasteiger partial charge < -0.3 is 9.72 Å². The van der Waals surface area contributed by atoms with Gasteiger partial charge in [-0.3, -0.25) is 10.1 Å². The van der Waals surface area contributed by atoms with E-state index in [2.05, 4.69) is 28.3 Å². The Balaban J connectivity index is 1.82. The zero-order valence-corrected chi connectivity index (χ0v) is 17.4. The van der Waals surface area contributed by atoms with E-state index in [1.807, 2.05) is 24.4 Å². The number of aromatic nitrogens is 2. The Hall–Kier alpha value is -2.93. The molecule has 0 saturated carbocycles. The third kappa shape index (κ3) is 3.84. The van der Waals surface area contributed by atoms with Gasteiger partial charge in [-0.05, 0) is 45.7 Å². The Morgan fingerprint density at radius 1 is 1.21 bits per heavy atom. The smallest absolute Gasteiger partial charge is 0.340 e. The molecule has 1 amide bonds. The number of rotatable bonds is 5. The lowest BCUT2D eigenvalue weighted by Crippen LogP contribution is -2.14. The zero-order chi connectivity index (χ0) is 20.4. The van der Waals surface area contributed by atoms with Crippen LogP contribution in [0.25, 0.3) is 11.3 Å². The summed E-state index contributed by atoms with van der Waals surface area (Å²) < 4.78 is 5.07. The van der Waals surface area contributed by atoms with Crippen LogP contribution in [0.1, 0.15) is 50.2 Å². The van der Waals surface area contributed by atoms with Crippen molar-refractivity contribution in [3.8, 4) is 11.3 Å². The van der Waals surface area contributed by atoms with Crippen LogP contribution in [0, 0.1) is 27.7 Å². The van der Waals surface area contributed by atoms with Gasteiger partial charge in [0.05, 0.1) is 17.9 Å². The molecule has 0 atom stereocenters. The predicted molar refractivity (Wildman–Crippen MR) is 111 cm³/mol. The number of thiazole rings is 1. The van der Waals surface area contributed by atoms with Crippen LogP contribution in [-0.4, -0.2) is 28.5 Å². The maximum absolute atomic E-state index is 12.7. The number of aryl methyl sites for hydroxylation is 3. The van der Waals surface area contributed by atoms with Crippen molar-refractivity contribution in [2.24, 2.45) is 0 Å². The van der Waals surface area contributed by atoms with Crippen molar-refractivity contribution in [3.05, 3.63) is 57.2 Å².